The van der Waals surface area contributed by atoms with Crippen molar-refractivity contribution in [1.82, 2.24) is 9.29 Å². The van der Waals surface area contributed by atoms with Gasteiger partial charge in [0.1, 0.15) is 10.7 Å². The normalized spacial score (nSPS) is 22.6. The molecule has 94 valence electrons. The molecule has 1 aromatic heterocycles. The number of sulfonamides is 1. The van der Waals surface area contributed by atoms with E-state index in [2.05, 4.69) is 4.98 Å². The second-order valence-electron chi connectivity index (χ2n) is 4.10. The van der Waals surface area contributed by atoms with Crippen LogP contribution < -0.4 is 5.73 Å². The highest BCUT2D eigenvalue weighted by Crippen LogP contribution is 2.19. The van der Waals surface area contributed by atoms with E-state index in [0.29, 0.717) is 6.54 Å². The molecule has 2 rings (SSSR count). The smallest absolute Gasteiger partial charge is 0.244 e. The van der Waals surface area contributed by atoms with E-state index in [9.17, 15) is 12.8 Å². The lowest BCUT2D eigenvalue weighted by Gasteiger charge is -2.29. The summed E-state index contributed by atoms with van der Waals surface area (Å²) in [5, 5.41) is 0. The van der Waals surface area contributed by atoms with E-state index in [1.165, 1.54) is 4.31 Å². The Hall–Kier alpha value is -1.05. The van der Waals surface area contributed by atoms with Gasteiger partial charge in [-0.15, -0.1) is 0 Å². The van der Waals surface area contributed by atoms with Crippen LogP contribution in [0.1, 0.15) is 12.8 Å². The van der Waals surface area contributed by atoms with Crippen LogP contribution in [-0.4, -0.2) is 36.8 Å². The molecule has 0 saturated carbocycles. The summed E-state index contributed by atoms with van der Waals surface area (Å²) in [5.41, 5.74) is 5.73. The number of pyridine rings is 1. The van der Waals surface area contributed by atoms with Crippen molar-refractivity contribution in [2.24, 2.45) is 5.73 Å². The monoisotopic (exact) mass is 259 g/mol. The number of halogens is 1. The lowest BCUT2D eigenvalue weighted by atomic mass is 10.1. The Morgan fingerprint density at radius 1 is 1.47 bits per heavy atom. The summed E-state index contributed by atoms with van der Waals surface area (Å²) in [6.07, 6.45) is 3.66. The van der Waals surface area contributed by atoms with Gasteiger partial charge in [0.15, 0.2) is 0 Å². The summed E-state index contributed by atoms with van der Waals surface area (Å²) in [5.74, 6) is -0.660. The van der Waals surface area contributed by atoms with Crippen molar-refractivity contribution in [1.29, 1.82) is 0 Å². The molecule has 0 amide bonds. The molecule has 1 aromatic rings. The van der Waals surface area contributed by atoms with Crippen molar-refractivity contribution in [2.75, 3.05) is 13.1 Å². The molecule has 2 heterocycles. The fourth-order valence-electron chi connectivity index (χ4n) is 1.87. The van der Waals surface area contributed by atoms with E-state index in [1.54, 1.807) is 0 Å². The first kappa shape index (κ1) is 12.4. The molecule has 0 aromatic carbocycles. The lowest BCUT2D eigenvalue weighted by molar-refractivity contribution is 0.316. The van der Waals surface area contributed by atoms with E-state index in [0.717, 1.165) is 31.3 Å². The first-order valence-electron chi connectivity index (χ1n) is 5.36. The summed E-state index contributed by atoms with van der Waals surface area (Å²) < 4.78 is 38.6. The minimum atomic E-state index is -3.67. The van der Waals surface area contributed by atoms with Gasteiger partial charge in [-0.25, -0.2) is 12.8 Å². The van der Waals surface area contributed by atoms with Gasteiger partial charge in [0.2, 0.25) is 10.0 Å². The zero-order chi connectivity index (χ0) is 12.5. The molecule has 0 radical (unpaired) electrons. The molecule has 0 spiro atoms. The molecule has 17 heavy (non-hydrogen) atoms. The maximum Gasteiger partial charge on any atom is 0.244 e. The molecule has 2 N–H and O–H groups in total. The van der Waals surface area contributed by atoms with Gasteiger partial charge in [0, 0.05) is 25.3 Å². The quantitative estimate of drug-likeness (QED) is 0.830. The van der Waals surface area contributed by atoms with Gasteiger partial charge >= 0.3 is 0 Å². The molecular formula is C10H14FN3O2S. The van der Waals surface area contributed by atoms with Crippen LogP contribution in [0.4, 0.5) is 4.39 Å². The van der Waals surface area contributed by atoms with E-state index < -0.39 is 15.8 Å². The summed E-state index contributed by atoms with van der Waals surface area (Å²) in [4.78, 5) is 3.43. The average Bonchev–Trinajstić information content (AvgIpc) is 2.29. The Labute approximate surface area is 99.5 Å². The molecule has 0 unspecified atom stereocenters. The van der Waals surface area contributed by atoms with E-state index >= 15 is 0 Å². The molecular weight excluding hydrogens is 245 g/mol. The van der Waals surface area contributed by atoms with Crippen molar-refractivity contribution >= 4 is 10.0 Å². The molecule has 0 aliphatic carbocycles. The number of aromatic nitrogens is 1. The third-order valence-electron chi connectivity index (χ3n) is 2.74. The van der Waals surface area contributed by atoms with Crippen LogP contribution in [0.25, 0.3) is 0 Å². The number of nitrogens with two attached hydrogens (primary N) is 1. The summed E-state index contributed by atoms with van der Waals surface area (Å²) in [6.45, 7) is 0.700. The van der Waals surface area contributed by atoms with E-state index in [4.69, 9.17) is 5.73 Å². The minimum absolute atomic E-state index is 0.119. The third kappa shape index (κ3) is 2.62. The zero-order valence-electron chi connectivity index (χ0n) is 9.21. The molecule has 1 atom stereocenters. The van der Waals surface area contributed by atoms with Crippen molar-refractivity contribution in [3.8, 4) is 0 Å². The molecule has 5 nitrogen and oxygen atoms in total. The molecule has 7 heteroatoms. The van der Waals surface area contributed by atoms with Gasteiger partial charge in [-0.3, -0.25) is 4.98 Å². The summed E-state index contributed by atoms with van der Waals surface area (Å²) >= 11 is 0. The minimum Gasteiger partial charge on any atom is -0.327 e. The van der Waals surface area contributed by atoms with Gasteiger partial charge in [-0.05, 0) is 18.9 Å². The fraction of sp³-hybridized carbons (Fsp3) is 0.500. The van der Waals surface area contributed by atoms with Gasteiger partial charge < -0.3 is 5.73 Å². The van der Waals surface area contributed by atoms with Crippen LogP contribution in [0.2, 0.25) is 0 Å². The first-order chi connectivity index (χ1) is 8.00. The van der Waals surface area contributed by atoms with Crippen LogP contribution >= 0.6 is 0 Å². The largest absolute Gasteiger partial charge is 0.327 e. The standard InChI is InChI=1S/C10H14FN3O2S/c11-8-4-10(6-13-5-8)17(15,16)14-3-1-2-9(12)7-14/h4-6,9H,1-3,7,12H2/t9-/m0/s1. The maximum atomic E-state index is 13.0. The Bertz CT molecular complexity index is 506. The average molecular weight is 259 g/mol. The number of rotatable bonds is 2. The topological polar surface area (TPSA) is 76.3 Å². The number of piperidine rings is 1. The predicted molar refractivity (Wildman–Crippen MR) is 60.2 cm³/mol. The SMILES string of the molecule is N[C@H]1CCCN(S(=O)(=O)c2cncc(F)c2)C1. The number of nitrogens with zero attached hydrogens (tertiary/aromatic N) is 2. The highest BCUT2D eigenvalue weighted by atomic mass is 32.2. The summed E-state index contributed by atoms with van der Waals surface area (Å²) in [7, 11) is -3.67. The number of hydrogen-bond donors (Lipinski definition) is 1. The highest BCUT2D eigenvalue weighted by Gasteiger charge is 2.29. The second-order valence-corrected chi connectivity index (χ2v) is 6.04. The Morgan fingerprint density at radius 3 is 2.88 bits per heavy atom. The van der Waals surface area contributed by atoms with Crippen LogP contribution in [0, 0.1) is 5.82 Å². The van der Waals surface area contributed by atoms with Gasteiger partial charge in [-0.1, -0.05) is 0 Å². The fourth-order valence-corrected chi connectivity index (χ4v) is 3.39. The predicted octanol–water partition coefficient (Wildman–Crippen LogP) is 0.332. The van der Waals surface area contributed by atoms with Gasteiger partial charge in [-0.2, -0.15) is 4.31 Å². The second kappa shape index (κ2) is 4.67. The zero-order valence-corrected chi connectivity index (χ0v) is 10.0. The van der Waals surface area contributed by atoms with Crippen LogP contribution in [0.5, 0.6) is 0 Å². The number of hydrogen-bond acceptors (Lipinski definition) is 4. The van der Waals surface area contributed by atoms with Crippen LogP contribution in [0.3, 0.4) is 0 Å². The highest BCUT2D eigenvalue weighted by molar-refractivity contribution is 7.89. The van der Waals surface area contributed by atoms with E-state index in [-0.39, 0.29) is 17.5 Å². The maximum absolute atomic E-state index is 13.0. The van der Waals surface area contributed by atoms with Crippen molar-refractivity contribution in [2.45, 2.75) is 23.8 Å². The molecule has 1 aliphatic heterocycles. The first-order valence-corrected chi connectivity index (χ1v) is 6.80. The van der Waals surface area contributed by atoms with Crippen LogP contribution in [-0.2, 0) is 10.0 Å². The van der Waals surface area contributed by atoms with Crippen molar-refractivity contribution in [3.05, 3.63) is 24.3 Å². The van der Waals surface area contributed by atoms with Gasteiger partial charge in [0.25, 0.3) is 0 Å². The van der Waals surface area contributed by atoms with Crippen molar-refractivity contribution in [3.63, 3.8) is 0 Å². The van der Waals surface area contributed by atoms with Crippen molar-refractivity contribution < 1.29 is 12.8 Å². The Kier molecular flexibility index (Phi) is 3.41. The molecule has 1 fully saturated rings. The third-order valence-corrected chi connectivity index (χ3v) is 4.57. The molecule has 0 bridgehead atoms. The van der Waals surface area contributed by atoms with Crippen LogP contribution in [0.15, 0.2) is 23.4 Å². The summed E-state index contributed by atoms with van der Waals surface area (Å²) in [6, 6.07) is 0.822. The van der Waals surface area contributed by atoms with Gasteiger partial charge in [0.05, 0.1) is 6.20 Å². The Balaban J connectivity index is 2.29. The molecule has 1 saturated heterocycles. The lowest BCUT2D eigenvalue weighted by Crippen LogP contribution is -2.45. The Morgan fingerprint density at radius 2 is 2.24 bits per heavy atom. The van der Waals surface area contributed by atoms with E-state index in [1.807, 2.05) is 0 Å². The molecule has 1 aliphatic rings.